The van der Waals surface area contributed by atoms with E-state index in [1.165, 1.54) is 22.8 Å². The van der Waals surface area contributed by atoms with Crippen LogP contribution in [0.4, 0.5) is 0 Å². The molecule has 0 aliphatic heterocycles. The summed E-state index contributed by atoms with van der Waals surface area (Å²) in [6.45, 7) is 1.31. The number of rotatable bonds is 3. The van der Waals surface area contributed by atoms with Gasteiger partial charge in [0.05, 0.1) is 4.53 Å². The molecule has 4 rings (SSSR count). The molecule has 0 N–H and O–H groups in total. The summed E-state index contributed by atoms with van der Waals surface area (Å²) in [5.41, 5.74) is 1.08. The number of nitrogens with zero attached hydrogens (tertiary/aromatic N) is 3. The van der Waals surface area contributed by atoms with Gasteiger partial charge in [0.15, 0.2) is 5.82 Å². The molecule has 0 bridgehead atoms. The first kappa shape index (κ1) is 17.4. The van der Waals surface area contributed by atoms with Crippen molar-refractivity contribution in [2.45, 2.75) is 6.92 Å². The number of hydrogen-bond acceptors (Lipinski definition) is 6. The number of carbonyl (C=O) groups excluding carboxylic acids is 1. The largest absolute Gasteiger partial charge is 0.426 e. The topological polar surface area (TPSA) is 73.6 Å². The lowest BCUT2D eigenvalue weighted by atomic mass is 10.2. The van der Waals surface area contributed by atoms with Crippen molar-refractivity contribution in [3.63, 3.8) is 0 Å². The van der Waals surface area contributed by atoms with E-state index in [2.05, 4.69) is 10.1 Å². The van der Waals surface area contributed by atoms with Gasteiger partial charge < -0.3 is 4.74 Å². The number of ether oxygens (including phenoxy) is 1. The van der Waals surface area contributed by atoms with Crippen LogP contribution < -0.4 is 14.8 Å². The number of halogens is 1. The Kier molecular flexibility index (Phi) is 4.47. The van der Waals surface area contributed by atoms with E-state index < -0.39 is 5.97 Å². The molecule has 0 amide bonds. The van der Waals surface area contributed by atoms with Crippen LogP contribution in [0.1, 0.15) is 12.5 Å². The quantitative estimate of drug-likeness (QED) is 0.392. The van der Waals surface area contributed by atoms with Gasteiger partial charge in [0, 0.05) is 23.1 Å². The molecule has 0 radical (unpaired) electrons. The lowest BCUT2D eigenvalue weighted by Crippen LogP contribution is -2.23. The molecule has 2 aromatic heterocycles. The molecule has 134 valence electrons. The number of fused-ring (bicyclic) bond motifs is 1. The summed E-state index contributed by atoms with van der Waals surface area (Å²) in [6.07, 6.45) is 1.62. The predicted octanol–water partition coefficient (Wildman–Crippen LogP) is 2.94. The summed E-state index contributed by atoms with van der Waals surface area (Å²) < 4.78 is 6.87. The minimum Gasteiger partial charge on any atom is -0.426 e. The van der Waals surface area contributed by atoms with Gasteiger partial charge in [0.25, 0.3) is 5.56 Å². The maximum Gasteiger partial charge on any atom is 0.308 e. The van der Waals surface area contributed by atoms with Crippen molar-refractivity contribution in [2.24, 2.45) is 0 Å². The summed E-state index contributed by atoms with van der Waals surface area (Å²) in [4.78, 5) is 28.9. The fourth-order valence-corrected chi connectivity index (χ4v) is 3.64. The van der Waals surface area contributed by atoms with E-state index in [4.69, 9.17) is 16.3 Å². The molecule has 0 spiro atoms. The maximum absolute atomic E-state index is 12.7. The molecule has 27 heavy (non-hydrogen) atoms. The molecule has 0 unspecified atom stereocenters. The van der Waals surface area contributed by atoms with Gasteiger partial charge in [-0.05, 0) is 24.3 Å². The number of aromatic nitrogens is 3. The van der Waals surface area contributed by atoms with Crippen molar-refractivity contribution in [3.8, 4) is 17.1 Å². The van der Waals surface area contributed by atoms with Crippen molar-refractivity contribution in [1.82, 2.24) is 14.6 Å². The third-order valence-corrected chi connectivity index (χ3v) is 4.92. The monoisotopic (exact) mass is 397 g/mol. The van der Waals surface area contributed by atoms with Crippen molar-refractivity contribution < 1.29 is 9.53 Å². The molecule has 2 aromatic carbocycles. The molecule has 6 nitrogen and oxygen atoms in total. The summed E-state index contributed by atoms with van der Waals surface area (Å²) in [5, 5.41) is 4.77. The molecule has 0 aliphatic rings. The minimum absolute atomic E-state index is 0.293. The highest BCUT2D eigenvalue weighted by Crippen LogP contribution is 2.24. The van der Waals surface area contributed by atoms with Gasteiger partial charge in [0.1, 0.15) is 5.75 Å². The summed E-state index contributed by atoms with van der Waals surface area (Å²) in [5.74, 6) is 0.369. The van der Waals surface area contributed by atoms with Crippen molar-refractivity contribution in [3.05, 3.63) is 74.0 Å². The molecule has 0 saturated heterocycles. The van der Waals surface area contributed by atoms with E-state index in [-0.39, 0.29) is 5.56 Å². The van der Waals surface area contributed by atoms with Crippen LogP contribution in [0, 0.1) is 0 Å². The Morgan fingerprint density at radius 1 is 1.22 bits per heavy atom. The lowest BCUT2D eigenvalue weighted by Gasteiger charge is -2.05. The zero-order valence-electron chi connectivity index (χ0n) is 14.0. The zero-order valence-corrected chi connectivity index (χ0v) is 15.6. The third-order valence-electron chi connectivity index (χ3n) is 3.73. The second-order valence-electron chi connectivity index (χ2n) is 5.69. The first-order chi connectivity index (χ1) is 13.0. The Hall–Kier alpha value is -3.03. The van der Waals surface area contributed by atoms with Crippen LogP contribution in [0.3, 0.4) is 0 Å². The van der Waals surface area contributed by atoms with E-state index >= 15 is 0 Å². The molecule has 2 heterocycles. The van der Waals surface area contributed by atoms with Crippen LogP contribution in [0.15, 0.2) is 53.3 Å². The average Bonchev–Trinajstić information content (AvgIpc) is 3.18. The van der Waals surface area contributed by atoms with Crippen LogP contribution in [-0.2, 0) is 4.79 Å². The van der Waals surface area contributed by atoms with Crippen molar-refractivity contribution >= 4 is 39.9 Å². The highest BCUT2D eigenvalue weighted by atomic mass is 35.5. The maximum atomic E-state index is 12.7. The third kappa shape index (κ3) is 3.47. The van der Waals surface area contributed by atoms with Gasteiger partial charge in [-0.1, -0.05) is 53.3 Å². The lowest BCUT2D eigenvalue weighted by molar-refractivity contribution is -0.131. The molecule has 0 aliphatic carbocycles. The number of thiazole rings is 1. The van der Waals surface area contributed by atoms with Crippen molar-refractivity contribution in [1.29, 1.82) is 0 Å². The fourth-order valence-electron chi connectivity index (χ4n) is 2.56. The summed E-state index contributed by atoms with van der Waals surface area (Å²) in [7, 11) is 0. The van der Waals surface area contributed by atoms with E-state index in [1.807, 2.05) is 30.3 Å². The molecular weight excluding hydrogens is 386 g/mol. The van der Waals surface area contributed by atoms with Crippen LogP contribution in [0.25, 0.3) is 22.4 Å². The zero-order chi connectivity index (χ0) is 19.0. The number of carbonyl (C=O) groups is 1. The van der Waals surface area contributed by atoms with E-state index in [1.54, 1.807) is 24.3 Å². The molecule has 4 aromatic rings. The highest BCUT2D eigenvalue weighted by molar-refractivity contribution is 7.15. The number of esters is 1. The van der Waals surface area contributed by atoms with Crippen molar-refractivity contribution in [2.75, 3.05) is 0 Å². The average molecular weight is 398 g/mol. The van der Waals surface area contributed by atoms with Crippen LogP contribution in [0.2, 0.25) is 5.02 Å². The smallest absolute Gasteiger partial charge is 0.308 e. The van der Waals surface area contributed by atoms with Crippen LogP contribution in [-0.4, -0.2) is 20.6 Å². The molecule has 0 fully saturated rings. The molecule has 8 heteroatoms. The SMILES string of the molecule is CC(=O)Oc1ccc(Cl)cc1/C=c1\sc2nc(-c3ccccc3)nn2c1=O. The second-order valence-corrected chi connectivity index (χ2v) is 7.13. The first-order valence-electron chi connectivity index (χ1n) is 7.96. The standard InChI is InChI=1S/C19H12ClN3O3S/c1-11(24)26-15-8-7-14(20)9-13(15)10-16-18(25)23-19(27-16)21-17(22-23)12-5-3-2-4-6-12/h2-10H,1H3/b16-10-. The van der Waals surface area contributed by atoms with Gasteiger partial charge in [-0.2, -0.15) is 9.50 Å². The Labute approximate surface area is 162 Å². The van der Waals surface area contributed by atoms with E-state index in [0.29, 0.717) is 31.7 Å². The van der Waals surface area contributed by atoms with Gasteiger partial charge in [0.2, 0.25) is 4.96 Å². The highest BCUT2D eigenvalue weighted by Gasteiger charge is 2.13. The van der Waals surface area contributed by atoms with Gasteiger partial charge in [-0.3, -0.25) is 9.59 Å². The summed E-state index contributed by atoms with van der Waals surface area (Å²) in [6, 6.07) is 14.3. The molecule has 0 saturated carbocycles. The molecular formula is C19H12ClN3O3S. The normalized spacial score (nSPS) is 11.9. The van der Waals surface area contributed by atoms with Crippen LogP contribution >= 0.6 is 22.9 Å². The van der Waals surface area contributed by atoms with Gasteiger partial charge in [-0.25, -0.2) is 0 Å². The minimum atomic E-state index is -0.454. The number of hydrogen-bond donors (Lipinski definition) is 0. The van der Waals surface area contributed by atoms with E-state index in [9.17, 15) is 9.59 Å². The Morgan fingerprint density at radius 3 is 2.70 bits per heavy atom. The Balaban J connectivity index is 1.82. The van der Waals surface area contributed by atoms with Gasteiger partial charge >= 0.3 is 5.97 Å². The van der Waals surface area contributed by atoms with Gasteiger partial charge in [-0.15, -0.1) is 5.10 Å². The fraction of sp³-hybridized carbons (Fsp3) is 0.0526. The number of benzene rings is 2. The van der Waals surface area contributed by atoms with Crippen LogP contribution in [0.5, 0.6) is 5.75 Å². The Bertz CT molecular complexity index is 1260. The first-order valence-corrected chi connectivity index (χ1v) is 9.15. The Morgan fingerprint density at radius 2 is 2.00 bits per heavy atom. The summed E-state index contributed by atoms with van der Waals surface area (Å²) >= 11 is 7.25. The predicted molar refractivity (Wildman–Crippen MR) is 104 cm³/mol. The second kappa shape index (κ2) is 6.94. The molecule has 0 atom stereocenters. The van der Waals surface area contributed by atoms with E-state index in [0.717, 1.165) is 5.56 Å².